The van der Waals surface area contributed by atoms with Crippen molar-refractivity contribution in [3.63, 3.8) is 0 Å². The van der Waals surface area contributed by atoms with Crippen molar-refractivity contribution in [3.8, 4) is 17.0 Å². The first kappa shape index (κ1) is 21.4. The fourth-order valence-corrected chi connectivity index (χ4v) is 5.19. The molecule has 0 aliphatic rings. The fourth-order valence-electron chi connectivity index (χ4n) is 3.47. The van der Waals surface area contributed by atoms with Crippen LogP contribution < -0.4 is 4.74 Å². The Morgan fingerprint density at radius 1 is 0.935 bits per heavy atom. The van der Waals surface area contributed by atoms with Crippen molar-refractivity contribution < 1.29 is 13.2 Å². The van der Waals surface area contributed by atoms with Crippen LogP contribution in [-0.4, -0.2) is 44.5 Å². The minimum absolute atomic E-state index is 0.198. The van der Waals surface area contributed by atoms with E-state index in [9.17, 15) is 8.42 Å². The second-order valence-electron chi connectivity index (χ2n) is 7.44. The van der Waals surface area contributed by atoms with Crippen LogP contribution >= 0.6 is 11.6 Å². The lowest BCUT2D eigenvalue weighted by Gasteiger charge is -2.15. The maximum Gasteiger partial charge on any atom is 0.268 e. The molecule has 7 heteroatoms. The molecule has 0 radical (unpaired) electrons. The zero-order valence-electron chi connectivity index (χ0n) is 17.3. The number of ether oxygens (including phenoxy) is 1. The zero-order chi connectivity index (χ0) is 22.0. The summed E-state index contributed by atoms with van der Waals surface area (Å²) >= 11 is 6.28. The third kappa shape index (κ3) is 4.19. The molecule has 0 amide bonds. The molecule has 3 aromatic carbocycles. The summed E-state index contributed by atoms with van der Waals surface area (Å²) in [6, 6.07) is 23.0. The van der Waals surface area contributed by atoms with Gasteiger partial charge in [0.2, 0.25) is 0 Å². The van der Waals surface area contributed by atoms with Gasteiger partial charge in [-0.15, -0.1) is 0 Å². The van der Waals surface area contributed by atoms with Gasteiger partial charge in [-0.05, 0) is 44.4 Å². The Labute approximate surface area is 187 Å². The smallest absolute Gasteiger partial charge is 0.268 e. The minimum atomic E-state index is -3.91. The van der Waals surface area contributed by atoms with Crippen LogP contribution in [0.3, 0.4) is 0 Å². The van der Waals surface area contributed by atoms with E-state index in [-0.39, 0.29) is 4.90 Å². The summed E-state index contributed by atoms with van der Waals surface area (Å²) in [6.07, 6.45) is 0. The van der Waals surface area contributed by atoms with Gasteiger partial charge >= 0.3 is 0 Å². The van der Waals surface area contributed by atoms with Crippen molar-refractivity contribution in [3.05, 3.63) is 83.9 Å². The molecule has 0 saturated carbocycles. The van der Waals surface area contributed by atoms with Gasteiger partial charge in [0.05, 0.1) is 10.4 Å². The van der Waals surface area contributed by atoms with Crippen LogP contribution in [0, 0.1) is 0 Å². The van der Waals surface area contributed by atoms with Crippen LogP contribution in [-0.2, 0) is 10.0 Å². The summed E-state index contributed by atoms with van der Waals surface area (Å²) < 4.78 is 35.2. The minimum Gasteiger partial charge on any atom is -0.489 e. The van der Waals surface area contributed by atoms with E-state index < -0.39 is 10.0 Å². The summed E-state index contributed by atoms with van der Waals surface area (Å²) in [5, 5.41) is 1.15. The summed E-state index contributed by atoms with van der Waals surface area (Å²) in [4.78, 5) is 2.21. The highest BCUT2D eigenvalue weighted by Crippen LogP contribution is 2.43. The molecule has 0 atom stereocenters. The first-order chi connectivity index (χ1) is 14.9. The maximum atomic E-state index is 13.8. The van der Waals surface area contributed by atoms with E-state index in [1.54, 1.807) is 42.5 Å². The number of aromatic nitrogens is 1. The van der Waals surface area contributed by atoms with Gasteiger partial charge in [-0.2, -0.15) is 0 Å². The first-order valence-electron chi connectivity index (χ1n) is 9.87. The van der Waals surface area contributed by atoms with E-state index >= 15 is 0 Å². The third-order valence-electron chi connectivity index (χ3n) is 4.95. The molecule has 1 aromatic heterocycles. The number of hydrogen-bond donors (Lipinski definition) is 0. The molecule has 0 saturated heterocycles. The van der Waals surface area contributed by atoms with Gasteiger partial charge in [0, 0.05) is 22.5 Å². The predicted octanol–water partition coefficient (Wildman–Crippen LogP) is 5.14. The van der Waals surface area contributed by atoms with Crippen LogP contribution in [0.2, 0.25) is 5.02 Å². The standard InChI is InChI=1S/C24H23ClN2O3S/c1-26(2)15-16-30-24-21-14-13-19(25)17-22(21)27(23(24)18-9-5-3-6-10-18)31(28,29)20-11-7-4-8-12-20/h3-14,17H,15-16H2,1-2H3. The molecule has 160 valence electrons. The van der Waals surface area contributed by atoms with Crippen LogP contribution in [0.1, 0.15) is 0 Å². The van der Waals surface area contributed by atoms with E-state index in [0.717, 1.165) is 5.56 Å². The Bertz CT molecular complexity index is 1300. The fraction of sp³-hybridized carbons (Fsp3) is 0.167. The van der Waals surface area contributed by atoms with Gasteiger partial charge in [-0.25, -0.2) is 12.4 Å². The molecule has 0 aliphatic carbocycles. The number of benzene rings is 3. The van der Waals surface area contributed by atoms with Crippen molar-refractivity contribution in [2.45, 2.75) is 4.90 Å². The molecule has 0 aliphatic heterocycles. The highest BCUT2D eigenvalue weighted by molar-refractivity contribution is 7.90. The topological polar surface area (TPSA) is 51.5 Å². The van der Waals surface area contributed by atoms with Crippen molar-refractivity contribution in [2.24, 2.45) is 0 Å². The van der Waals surface area contributed by atoms with Gasteiger partial charge in [-0.1, -0.05) is 60.1 Å². The lowest BCUT2D eigenvalue weighted by atomic mass is 10.1. The number of nitrogens with zero attached hydrogens (tertiary/aromatic N) is 2. The van der Waals surface area contributed by atoms with Crippen LogP contribution in [0.4, 0.5) is 0 Å². The Hall–Kier alpha value is -2.80. The van der Waals surface area contributed by atoms with Crippen molar-refractivity contribution in [1.29, 1.82) is 0 Å². The number of halogens is 1. The molecule has 0 spiro atoms. The molecule has 31 heavy (non-hydrogen) atoms. The average molecular weight is 455 g/mol. The highest BCUT2D eigenvalue weighted by atomic mass is 35.5. The third-order valence-corrected chi connectivity index (χ3v) is 6.92. The molecule has 0 N–H and O–H groups in total. The van der Waals surface area contributed by atoms with Crippen LogP contribution in [0.15, 0.2) is 83.8 Å². The highest BCUT2D eigenvalue weighted by Gasteiger charge is 2.29. The van der Waals surface area contributed by atoms with E-state index in [0.29, 0.717) is 40.5 Å². The van der Waals surface area contributed by atoms with Gasteiger partial charge in [0.15, 0.2) is 5.75 Å². The second-order valence-corrected chi connectivity index (χ2v) is 9.66. The molecule has 5 nitrogen and oxygen atoms in total. The Balaban J connectivity index is 2.05. The number of hydrogen-bond acceptors (Lipinski definition) is 4. The van der Waals surface area contributed by atoms with Gasteiger partial charge in [0.1, 0.15) is 12.3 Å². The molecule has 0 bridgehead atoms. The summed E-state index contributed by atoms with van der Waals surface area (Å²) in [5.74, 6) is 0.527. The molecule has 4 rings (SSSR count). The SMILES string of the molecule is CN(C)CCOc1c(-c2ccccc2)n(S(=O)(=O)c2ccccc2)c2cc(Cl)ccc12. The van der Waals surface area contributed by atoms with Crippen LogP contribution in [0.25, 0.3) is 22.2 Å². The second kappa shape index (κ2) is 8.75. The maximum absolute atomic E-state index is 13.8. The number of likely N-dealkylation sites (N-methyl/N-ethyl adjacent to an activating group) is 1. The summed E-state index contributed by atoms with van der Waals surface area (Å²) in [5.41, 5.74) is 1.71. The molecule has 4 aromatic rings. The first-order valence-corrected chi connectivity index (χ1v) is 11.7. The Morgan fingerprint density at radius 2 is 1.58 bits per heavy atom. The van der Waals surface area contributed by atoms with Crippen LogP contribution in [0.5, 0.6) is 5.75 Å². The molecule has 1 heterocycles. The average Bonchev–Trinajstić information content (AvgIpc) is 3.09. The lowest BCUT2D eigenvalue weighted by molar-refractivity contribution is 0.264. The lowest BCUT2D eigenvalue weighted by Crippen LogP contribution is -2.19. The monoisotopic (exact) mass is 454 g/mol. The zero-order valence-corrected chi connectivity index (χ0v) is 18.9. The Morgan fingerprint density at radius 3 is 2.23 bits per heavy atom. The molecule has 0 unspecified atom stereocenters. The normalized spacial score (nSPS) is 11.9. The number of fused-ring (bicyclic) bond motifs is 1. The van der Waals surface area contributed by atoms with E-state index in [1.807, 2.05) is 55.4 Å². The van der Waals surface area contributed by atoms with Crippen molar-refractivity contribution in [1.82, 2.24) is 8.87 Å². The summed E-state index contributed by atoms with van der Waals surface area (Å²) in [6.45, 7) is 1.11. The summed E-state index contributed by atoms with van der Waals surface area (Å²) in [7, 11) is 0.0113. The molecular weight excluding hydrogens is 432 g/mol. The largest absolute Gasteiger partial charge is 0.489 e. The number of rotatable bonds is 7. The van der Waals surface area contributed by atoms with Crippen molar-refractivity contribution >= 4 is 32.5 Å². The molecule has 0 fully saturated rings. The Kier molecular flexibility index (Phi) is 6.05. The molecular formula is C24H23ClN2O3S. The predicted molar refractivity (Wildman–Crippen MR) is 125 cm³/mol. The van der Waals surface area contributed by atoms with Gasteiger partial charge < -0.3 is 9.64 Å². The van der Waals surface area contributed by atoms with Crippen molar-refractivity contribution in [2.75, 3.05) is 27.2 Å². The quantitative estimate of drug-likeness (QED) is 0.388. The van der Waals surface area contributed by atoms with E-state index in [2.05, 4.69) is 0 Å². The van der Waals surface area contributed by atoms with E-state index in [4.69, 9.17) is 16.3 Å². The van der Waals surface area contributed by atoms with Gasteiger partial charge in [-0.3, -0.25) is 0 Å². The van der Waals surface area contributed by atoms with Gasteiger partial charge in [0.25, 0.3) is 10.0 Å². The van der Waals surface area contributed by atoms with E-state index in [1.165, 1.54) is 3.97 Å².